The molecule has 1 saturated carbocycles. The highest BCUT2D eigenvalue weighted by Crippen LogP contribution is 2.26. The van der Waals surface area contributed by atoms with E-state index in [2.05, 4.69) is 32.3 Å². The fourth-order valence-corrected chi connectivity index (χ4v) is 2.76. The maximum absolute atomic E-state index is 12.0. The van der Waals surface area contributed by atoms with Gasteiger partial charge in [0.15, 0.2) is 0 Å². The predicted molar refractivity (Wildman–Crippen MR) is 77.1 cm³/mol. The molecule has 0 saturated heterocycles. The van der Waals surface area contributed by atoms with E-state index in [1.54, 1.807) is 13.3 Å². The minimum absolute atomic E-state index is 0.168. The Balaban J connectivity index is 2.20. The van der Waals surface area contributed by atoms with Crippen LogP contribution in [0.4, 0.5) is 5.69 Å². The summed E-state index contributed by atoms with van der Waals surface area (Å²) in [6.45, 7) is 0.168. The SMILES string of the molecule is C#CCn1ncc(NC2CCCC2OC)c(Br)c1=O. The van der Waals surface area contributed by atoms with Crippen LogP contribution in [0.1, 0.15) is 19.3 Å². The number of anilines is 1. The van der Waals surface area contributed by atoms with Crippen molar-refractivity contribution in [1.29, 1.82) is 0 Å². The molecular weight excluding hydrogens is 310 g/mol. The molecule has 2 unspecified atom stereocenters. The van der Waals surface area contributed by atoms with Gasteiger partial charge >= 0.3 is 0 Å². The summed E-state index contributed by atoms with van der Waals surface area (Å²) >= 11 is 3.30. The van der Waals surface area contributed by atoms with Crippen LogP contribution in [0.2, 0.25) is 0 Å². The summed E-state index contributed by atoms with van der Waals surface area (Å²) < 4.78 is 7.13. The highest BCUT2D eigenvalue weighted by Gasteiger charge is 2.27. The zero-order valence-electron chi connectivity index (χ0n) is 10.7. The third-order valence-electron chi connectivity index (χ3n) is 3.32. The minimum atomic E-state index is -0.227. The molecule has 1 aliphatic carbocycles. The molecule has 0 bridgehead atoms. The normalized spacial score (nSPS) is 22.2. The van der Waals surface area contributed by atoms with Crippen LogP contribution >= 0.6 is 15.9 Å². The molecule has 1 aliphatic rings. The number of methoxy groups -OCH3 is 1. The predicted octanol–water partition coefficient (Wildman–Crippen LogP) is 1.62. The molecule has 1 fully saturated rings. The lowest BCUT2D eigenvalue weighted by Crippen LogP contribution is -2.32. The number of terminal acetylenes is 1. The van der Waals surface area contributed by atoms with Crippen molar-refractivity contribution in [3.05, 3.63) is 21.0 Å². The lowest BCUT2D eigenvalue weighted by Gasteiger charge is -2.21. The van der Waals surface area contributed by atoms with Crippen molar-refractivity contribution < 1.29 is 4.74 Å². The topological polar surface area (TPSA) is 56.1 Å². The average molecular weight is 326 g/mol. The van der Waals surface area contributed by atoms with Gasteiger partial charge in [0.1, 0.15) is 11.0 Å². The van der Waals surface area contributed by atoms with Crippen molar-refractivity contribution in [3.8, 4) is 12.3 Å². The number of nitrogens with zero attached hydrogens (tertiary/aromatic N) is 2. The summed E-state index contributed by atoms with van der Waals surface area (Å²) in [5.74, 6) is 2.40. The van der Waals surface area contributed by atoms with E-state index < -0.39 is 0 Å². The summed E-state index contributed by atoms with van der Waals surface area (Å²) in [6, 6.07) is 0.214. The zero-order chi connectivity index (χ0) is 13.8. The van der Waals surface area contributed by atoms with E-state index in [0.717, 1.165) is 19.3 Å². The molecule has 0 radical (unpaired) electrons. The molecule has 2 atom stereocenters. The fraction of sp³-hybridized carbons (Fsp3) is 0.538. The standard InChI is InChI=1S/C13H16BrN3O2/c1-3-7-17-13(18)12(14)10(8-15-17)16-9-5-4-6-11(9)19-2/h1,8-9,11,16H,4-7H2,2H3. The number of rotatable bonds is 4. The average Bonchev–Trinajstić information content (AvgIpc) is 2.86. The molecule has 6 heteroatoms. The van der Waals surface area contributed by atoms with Gasteiger partial charge in [0, 0.05) is 7.11 Å². The van der Waals surface area contributed by atoms with Crippen molar-refractivity contribution in [1.82, 2.24) is 9.78 Å². The zero-order valence-corrected chi connectivity index (χ0v) is 12.3. The number of hydrogen-bond donors (Lipinski definition) is 1. The van der Waals surface area contributed by atoms with Crippen molar-refractivity contribution in [3.63, 3.8) is 0 Å². The minimum Gasteiger partial charge on any atom is -0.379 e. The van der Waals surface area contributed by atoms with Gasteiger partial charge in [-0.25, -0.2) is 4.68 Å². The molecule has 102 valence electrons. The second kappa shape index (κ2) is 6.22. The van der Waals surface area contributed by atoms with E-state index in [9.17, 15) is 4.79 Å². The van der Waals surface area contributed by atoms with Gasteiger partial charge in [-0.3, -0.25) is 4.79 Å². The monoisotopic (exact) mass is 325 g/mol. The van der Waals surface area contributed by atoms with E-state index in [1.165, 1.54) is 4.68 Å². The Morgan fingerprint density at radius 1 is 1.68 bits per heavy atom. The second-order valence-corrected chi connectivity index (χ2v) is 5.29. The molecule has 0 aromatic carbocycles. The van der Waals surface area contributed by atoms with Gasteiger partial charge in [0.2, 0.25) is 0 Å². The van der Waals surface area contributed by atoms with E-state index in [1.807, 2.05) is 0 Å². The molecule has 1 aromatic rings. The first-order chi connectivity index (χ1) is 9.17. The molecule has 2 rings (SSSR count). The van der Waals surface area contributed by atoms with Crippen molar-refractivity contribution >= 4 is 21.6 Å². The number of nitrogens with one attached hydrogen (secondary N) is 1. The van der Waals surface area contributed by atoms with Crippen LogP contribution in [0.5, 0.6) is 0 Å². The molecule has 1 N–H and O–H groups in total. The van der Waals surface area contributed by atoms with Crippen LogP contribution in [0, 0.1) is 12.3 Å². The third kappa shape index (κ3) is 2.99. The summed E-state index contributed by atoms with van der Waals surface area (Å²) in [5, 5.41) is 7.37. The molecule has 5 nitrogen and oxygen atoms in total. The van der Waals surface area contributed by atoms with E-state index >= 15 is 0 Å². The summed E-state index contributed by atoms with van der Waals surface area (Å²) in [7, 11) is 1.71. The Hall–Kier alpha value is -1.32. The number of halogens is 1. The molecule has 0 spiro atoms. The highest BCUT2D eigenvalue weighted by atomic mass is 79.9. The van der Waals surface area contributed by atoms with Crippen LogP contribution in [-0.4, -0.2) is 29.0 Å². The van der Waals surface area contributed by atoms with E-state index in [-0.39, 0.29) is 24.2 Å². The molecule has 1 heterocycles. The van der Waals surface area contributed by atoms with Gasteiger partial charge in [-0.05, 0) is 35.2 Å². The van der Waals surface area contributed by atoms with Crippen molar-refractivity contribution in [2.24, 2.45) is 0 Å². The van der Waals surface area contributed by atoms with Crippen LogP contribution in [0.25, 0.3) is 0 Å². The van der Waals surface area contributed by atoms with Gasteiger partial charge in [-0.1, -0.05) is 5.92 Å². The first kappa shape index (κ1) is 14.1. The van der Waals surface area contributed by atoms with E-state index in [4.69, 9.17) is 11.2 Å². The van der Waals surface area contributed by atoms with Crippen molar-refractivity contribution in [2.75, 3.05) is 12.4 Å². The maximum Gasteiger partial charge on any atom is 0.284 e. The Morgan fingerprint density at radius 3 is 3.16 bits per heavy atom. The van der Waals surface area contributed by atoms with Crippen LogP contribution in [-0.2, 0) is 11.3 Å². The van der Waals surface area contributed by atoms with Gasteiger partial charge in [-0.2, -0.15) is 5.10 Å². The number of hydrogen-bond acceptors (Lipinski definition) is 4. The summed E-state index contributed by atoms with van der Waals surface area (Å²) in [5.41, 5.74) is 0.460. The van der Waals surface area contributed by atoms with Crippen molar-refractivity contribution in [2.45, 2.75) is 38.0 Å². The van der Waals surface area contributed by atoms with E-state index in [0.29, 0.717) is 10.2 Å². The summed E-state index contributed by atoms with van der Waals surface area (Å²) in [4.78, 5) is 12.0. The Kier molecular flexibility index (Phi) is 4.61. The maximum atomic E-state index is 12.0. The molecular formula is C13H16BrN3O2. The number of ether oxygens (including phenoxy) is 1. The lowest BCUT2D eigenvalue weighted by molar-refractivity contribution is 0.101. The molecule has 0 aliphatic heterocycles. The van der Waals surface area contributed by atoms with Gasteiger partial charge < -0.3 is 10.1 Å². The first-order valence-electron chi connectivity index (χ1n) is 6.15. The van der Waals surface area contributed by atoms with Gasteiger partial charge in [-0.15, -0.1) is 6.42 Å². The van der Waals surface area contributed by atoms with Gasteiger partial charge in [0.25, 0.3) is 5.56 Å². The van der Waals surface area contributed by atoms with Crippen LogP contribution in [0.15, 0.2) is 15.5 Å². The smallest absolute Gasteiger partial charge is 0.284 e. The molecule has 19 heavy (non-hydrogen) atoms. The van der Waals surface area contributed by atoms with Gasteiger partial charge in [0.05, 0.1) is 24.0 Å². The first-order valence-corrected chi connectivity index (χ1v) is 6.95. The number of aromatic nitrogens is 2. The summed E-state index contributed by atoms with van der Waals surface area (Å²) in [6.07, 6.45) is 10.2. The molecule has 0 amide bonds. The third-order valence-corrected chi connectivity index (χ3v) is 4.09. The Labute approximate surface area is 120 Å². The second-order valence-electron chi connectivity index (χ2n) is 4.50. The van der Waals surface area contributed by atoms with Crippen LogP contribution < -0.4 is 10.9 Å². The van der Waals surface area contributed by atoms with Crippen LogP contribution in [0.3, 0.4) is 0 Å². The Bertz CT molecular complexity index is 550. The highest BCUT2D eigenvalue weighted by molar-refractivity contribution is 9.10. The lowest BCUT2D eigenvalue weighted by atomic mass is 10.2. The quantitative estimate of drug-likeness (QED) is 0.855. The fourth-order valence-electron chi connectivity index (χ4n) is 2.34. The molecule has 1 aromatic heterocycles. The largest absolute Gasteiger partial charge is 0.379 e. The Morgan fingerprint density at radius 2 is 2.47 bits per heavy atom.